The Kier molecular flexibility index (Phi) is 3.52. The van der Waals surface area contributed by atoms with E-state index in [0.717, 1.165) is 23.5 Å². The molecule has 1 aromatic rings. The molecule has 4 heteroatoms. The third-order valence-electron chi connectivity index (χ3n) is 5.86. The molecule has 5 rings (SSSR count). The topological polar surface area (TPSA) is 45.5 Å². The first-order valence-electron chi connectivity index (χ1n) is 8.62. The molecule has 4 nitrogen and oxygen atoms in total. The summed E-state index contributed by atoms with van der Waals surface area (Å²) in [5, 5.41) is 3.42. The summed E-state index contributed by atoms with van der Waals surface area (Å²) in [6, 6.07) is 3.84. The Labute approximate surface area is 132 Å². The molecule has 0 radical (unpaired) electrons. The van der Waals surface area contributed by atoms with E-state index in [2.05, 4.69) is 5.32 Å². The quantitative estimate of drug-likeness (QED) is 0.909. The van der Waals surface area contributed by atoms with Crippen molar-refractivity contribution in [1.82, 2.24) is 10.2 Å². The third-order valence-corrected chi connectivity index (χ3v) is 5.86. The van der Waals surface area contributed by atoms with Crippen LogP contribution >= 0.6 is 0 Å². The number of carbonyl (C=O) groups is 1. The Morgan fingerprint density at radius 1 is 1.27 bits per heavy atom. The predicted octanol–water partition coefficient (Wildman–Crippen LogP) is 2.80. The van der Waals surface area contributed by atoms with Gasteiger partial charge in [0.05, 0.1) is 19.4 Å². The van der Waals surface area contributed by atoms with Crippen molar-refractivity contribution in [3.8, 4) is 0 Å². The van der Waals surface area contributed by atoms with Crippen LogP contribution in [0, 0.1) is 17.8 Å². The fraction of sp³-hybridized carbons (Fsp3) is 0.722. The highest BCUT2D eigenvalue weighted by Gasteiger charge is 2.51. The first-order valence-corrected chi connectivity index (χ1v) is 8.62. The highest BCUT2D eigenvalue weighted by molar-refractivity contribution is 5.79. The van der Waals surface area contributed by atoms with Gasteiger partial charge in [0, 0.05) is 5.54 Å². The van der Waals surface area contributed by atoms with Crippen LogP contribution in [0.4, 0.5) is 0 Å². The van der Waals surface area contributed by atoms with E-state index in [1.807, 2.05) is 24.1 Å². The molecule has 4 aliphatic carbocycles. The van der Waals surface area contributed by atoms with Crippen LogP contribution in [0.3, 0.4) is 0 Å². The average Bonchev–Trinajstić information content (AvgIpc) is 2.88. The van der Waals surface area contributed by atoms with Gasteiger partial charge in [-0.3, -0.25) is 9.69 Å². The van der Waals surface area contributed by atoms with Crippen LogP contribution < -0.4 is 5.32 Å². The minimum Gasteiger partial charge on any atom is -0.468 e. The smallest absolute Gasteiger partial charge is 0.234 e. The largest absolute Gasteiger partial charge is 0.468 e. The van der Waals surface area contributed by atoms with Crippen molar-refractivity contribution in [1.29, 1.82) is 0 Å². The van der Waals surface area contributed by atoms with Gasteiger partial charge in [0.2, 0.25) is 5.91 Å². The van der Waals surface area contributed by atoms with Gasteiger partial charge in [-0.05, 0) is 75.5 Å². The van der Waals surface area contributed by atoms with Crippen LogP contribution in [0.1, 0.15) is 44.3 Å². The molecule has 0 spiro atoms. The molecule has 22 heavy (non-hydrogen) atoms. The van der Waals surface area contributed by atoms with Crippen molar-refractivity contribution in [2.75, 3.05) is 13.6 Å². The molecule has 4 fully saturated rings. The van der Waals surface area contributed by atoms with Crippen LogP contribution in [-0.4, -0.2) is 29.9 Å². The Bertz CT molecular complexity index is 502. The Morgan fingerprint density at radius 2 is 1.91 bits per heavy atom. The lowest BCUT2D eigenvalue weighted by molar-refractivity contribution is -0.127. The van der Waals surface area contributed by atoms with Gasteiger partial charge in [-0.15, -0.1) is 0 Å². The number of amides is 1. The van der Waals surface area contributed by atoms with Crippen molar-refractivity contribution < 1.29 is 9.21 Å². The van der Waals surface area contributed by atoms with E-state index in [0.29, 0.717) is 13.1 Å². The Hall–Kier alpha value is -1.29. The van der Waals surface area contributed by atoms with E-state index >= 15 is 0 Å². The lowest BCUT2D eigenvalue weighted by Gasteiger charge is -2.57. The highest BCUT2D eigenvalue weighted by atomic mass is 16.3. The summed E-state index contributed by atoms with van der Waals surface area (Å²) < 4.78 is 5.35. The fourth-order valence-corrected chi connectivity index (χ4v) is 5.57. The average molecular weight is 302 g/mol. The molecule has 1 aromatic heterocycles. The normalized spacial score (nSPS) is 36.0. The number of nitrogens with one attached hydrogen (secondary N) is 1. The summed E-state index contributed by atoms with van der Waals surface area (Å²) in [5.74, 6) is 3.69. The number of hydrogen-bond acceptors (Lipinski definition) is 3. The maximum atomic E-state index is 12.5. The number of hydrogen-bond donors (Lipinski definition) is 1. The number of carbonyl (C=O) groups excluding carboxylic acids is 1. The van der Waals surface area contributed by atoms with E-state index in [9.17, 15) is 4.79 Å². The molecular formula is C18H26N2O2. The second-order valence-electron chi connectivity index (χ2n) is 8.00. The van der Waals surface area contributed by atoms with Crippen molar-refractivity contribution in [3.63, 3.8) is 0 Å². The van der Waals surface area contributed by atoms with Gasteiger partial charge in [0.25, 0.3) is 0 Å². The molecule has 1 N–H and O–H groups in total. The summed E-state index contributed by atoms with van der Waals surface area (Å²) in [7, 11) is 1.97. The van der Waals surface area contributed by atoms with Crippen molar-refractivity contribution in [2.45, 2.75) is 50.6 Å². The minimum atomic E-state index is 0.122. The van der Waals surface area contributed by atoms with Crippen LogP contribution in [0.5, 0.6) is 0 Å². The minimum absolute atomic E-state index is 0.122. The summed E-state index contributed by atoms with van der Waals surface area (Å²) in [5.41, 5.74) is 0.122. The van der Waals surface area contributed by atoms with Crippen molar-refractivity contribution in [3.05, 3.63) is 24.2 Å². The highest BCUT2D eigenvalue weighted by Crippen LogP contribution is 2.55. The Balaban J connectivity index is 1.34. The van der Waals surface area contributed by atoms with E-state index in [1.54, 1.807) is 6.26 Å². The van der Waals surface area contributed by atoms with Gasteiger partial charge in [-0.2, -0.15) is 0 Å². The van der Waals surface area contributed by atoms with Gasteiger partial charge in [0.15, 0.2) is 0 Å². The van der Waals surface area contributed by atoms with Crippen molar-refractivity contribution in [2.24, 2.45) is 17.8 Å². The second kappa shape index (κ2) is 5.41. The molecule has 0 aliphatic heterocycles. The SMILES string of the molecule is CN(CC(=O)NC12CC3CC(CC(C3)C1)C2)Cc1ccco1. The molecule has 1 amide bonds. The third kappa shape index (κ3) is 2.81. The lowest BCUT2D eigenvalue weighted by atomic mass is 9.53. The monoisotopic (exact) mass is 302 g/mol. The molecule has 0 unspecified atom stereocenters. The zero-order valence-electron chi connectivity index (χ0n) is 13.4. The Morgan fingerprint density at radius 3 is 2.45 bits per heavy atom. The zero-order valence-corrected chi connectivity index (χ0v) is 13.4. The summed E-state index contributed by atoms with van der Waals surface area (Å²) >= 11 is 0. The lowest BCUT2D eigenvalue weighted by Crippen LogP contribution is -2.60. The maximum Gasteiger partial charge on any atom is 0.234 e. The number of furan rings is 1. The summed E-state index contributed by atoms with van der Waals surface area (Å²) in [6.45, 7) is 1.13. The number of rotatable bonds is 5. The molecule has 0 atom stereocenters. The predicted molar refractivity (Wildman–Crippen MR) is 84.1 cm³/mol. The first kappa shape index (κ1) is 14.3. The van der Waals surface area contributed by atoms with Crippen LogP contribution in [0.25, 0.3) is 0 Å². The van der Waals surface area contributed by atoms with E-state index in [4.69, 9.17) is 4.42 Å². The van der Waals surface area contributed by atoms with E-state index in [1.165, 1.54) is 38.5 Å². The van der Waals surface area contributed by atoms with Gasteiger partial charge in [0.1, 0.15) is 5.76 Å². The summed E-state index contributed by atoms with van der Waals surface area (Å²) in [6.07, 6.45) is 9.55. The number of nitrogens with zero attached hydrogens (tertiary/aromatic N) is 1. The molecule has 4 aliphatic rings. The molecule has 0 aromatic carbocycles. The van der Waals surface area contributed by atoms with Gasteiger partial charge in [-0.1, -0.05) is 0 Å². The van der Waals surface area contributed by atoms with Crippen LogP contribution in [-0.2, 0) is 11.3 Å². The van der Waals surface area contributed by atoms with E-state index in [-0.39, 0.29) is 11.4 Å². The standard InChI is InChI=1S/C18H26N2O2/c1-20(11-16-3-2-4-22-16)12-17(21)19-18-8-13-5-14(9-18)7-15(6-13)10-18/h2-4,13-15H,5-12H2,1H3,(H,19,21). The molecular weight excluding hydrogens is 276 g/mol. The molecule has 0 saturated heterocycles. The maximum absolute atomic E-state index is 12.5. The summed E-state index contributed by atoms with van der Waals surface area (Å²) in [4.78, 5) is 14.5. The molecule has 4 bridgehead atoms. The number of likely N-dealkylation sites (N-methyl/N-ethyl adjacent to an activating group) is 1. The van der Waals surface area contributed by atoms with Crippen molar-refractivity contribution >= 4 is 5.91 Å². The molecule has 4 saturated carbocycles. The van der Waals surface area contributed by atoms with Gasteiger partial charge in [-0.25, -0.2) is 0 Å². The van der Waals surface area contributed by atoms with Gasteiger partial charge < -0.3 is 9.73 Å². The van der Waals surface area contributed by atoms with Crippen LogP contribution in [0.2, 0.25) is 0 Å². The zero-order chi connectivity index (χ0) is 15.2. The molecule has 120 valence electrons. The van der Waals surface area contributed by atoms with Crippen LogP contribution in [0.15, 0.2) is 22.8 Å². The second-order valence-corrected chi connectivity index (χ2v) is 8.00. The first-order chi connectivity index (χ1) is 10.6. The molecule has 1 heterocycles. The fourth-order valence-electron chi connectivity index (χ4n) is 5.57. The van der Waals surface area contributed by atoms with E-state index < -0.39 is 0 Å². The van der Waals surface area contributed by atoms with Gasteiger partial charge >= 0.3 is 0 Å².